The fourth-order valence-corrected chi connectivity index (χ4v) is 3.88. The Bertz CT molecular complexity index is 1140. The van der Waals surface area contributed by atoms with Crippen LogP contribution in [0.25, 0.3) is 10.9 Å². The Morgan fingerprint density at radius 1 is 1.24 bits per heavy atom. The number of aromatic carboxylic acids is 1. The summed E-state index contributed by atoms with van der Waals surface area (Å²) in [5.74, 6) is -1.59. The maximum atomic E-state index is 14.7. The molecule has 0 saturated carbocycles. The lowest BCUT2D eigenvalue weighted by Gasteiger charge is -2.25. The van der Waals surface area contributed by atoms with Gasteiger partial charge in [0.25, 0.3) is 0 Å². The number of aromatic nitrogens is 1. The number of carboxylic acid groups (broad SMARTS) is 1. The molecule has 7 nitrogen and oxygen atoms in total. The van der Waals surface area contributed by atoms with Crippen molar-refractivity contribution in [3.05, 3.63) is 66.2 Å². The molecule has 1 aromatic heterocycles. The Balaban J connectivity index is 2.03. The second-order valence-corrected chi connectivity index (χ2v) is 8.90. The molecule has 2 heterocycles. The summed E-state index contributed by atoms with van der Waals surface area (Å²) >= 11 is 0. The van der Waals surface area contributed by atoms with E-state index in [0.29, 0.717) is 29.7 Å². The number of hydrogen-bond acceptors (Lipinski definition) is 4. The average Bonchev–Trinajstić information content (AvgIpc) is 3.32. The molecule has 1 amide bonds. The molecule has 3 rings (SSSR count). The van der Waals surface area contributed by atoms with Crippen molar-refractivity contribution in [1.82, 2.24) is 9.47 Å². The highest BCUT2D eigenvalue weighted by atomic mass is 19.1. The predicted molar refractivity (Wildman–Crippen MR) is 127 cm³/mol. The second-order valence-electron chi connectivity index (χ2n) is 8.90. The molecule has 1 fully saturated rings. The smallest absolute Gasteiger partial charge is 0.411 e. The maximum absolute atomic E-state index is 14.7. The van der Waals surface area contributed by atoms with Crippen LogP contribution in [0.2, 0.25) is 0 Å². The zero-order valence-corrected chi connectivity index (χ0v) is 19.5. The number of anilines is 1. The summed E-state index contributed by atoms with van der Waals surface area (Å²) < 4.78 is 21.7. The first kappa shape index (κ1) is 24.1. The van der Waals surface area contributed by atoms with Crippen LogP contribution >= 0.6 is 0 Å². The molecule has 0 atom stereocenters. The lowest BCUT2D eigenvalue weighted by atomic mass is 10.2. The van der Waals surface area contributed by atoms with Gasteiger partial charge in [-0.1, -0.05) is 30.9 Å². The summed E-state index contributed by atoms with van der Waals surface area (Å²) in [5, 5.41) is 10.4. The number of ether oxygens (including phenoxy) is 1. The molecule has 2 aromatic rings. The highest BCUT2D eigenvalue weighted by Gasteiger charge is 2.30. The third-order valence-electron chi connectivity index (χ3n) is 5.21. The lowest BCUT2D eigenvalue weighted by Crippen LogP contribution is -2.36. The number of amides is 1. The van der Waals surface area contributed by atoms with Crippen molar-refractivity contribution >= 4 is 28.7 Å². The highest BCUT2D eigenvalue weighted by Crippen LogP contribution is 2.33. The monoisotopic (exact) mass is 455 g/mol. The molecule has 0 radical (unpaired) electrons. The van der Waals surface area contributed by atoms with Crippen molar-refractivity contribution in [1.29, 1.82) is 0 Å². The van der Waals surface area contributed by atoms with Crippen LogP contribution in [0.5, 0.6) is 0 Å². The third kappa shape index (κ3) is 5.45. The molecule has 1 N–H and O–H groups in total. The van der Waals surface area contributed by atoms with Gasteiger partial charge in [0.1, 0.15) is 17.1 Å². The summed E-state index contributed by atoms with van der Waals surface area (Å²) in [6.45, 7) is 12.3. The number of carbonyl (C=O) groups excluding carboxylic acids is 1. The number of halogens is 1. The van der Waals surface area contributed by atoms with E-state index in [1.807, 2.05) is 24.0 Å². The standard InChI is InChI=1S/C25H30FN3O4/c1-6-8-17(9-7-2)15-29-21-13-18(26)12-20(19(21)14-22(29)23(30)31)27-10-11-28(16-27)24(32)33-25(3,4)5/h6-9,12-14H,1,10-11,15-16H2,2-5H3,(H,30,31)/b9-7-,17-8+. The molecule has 0 aliphatic carbocycles. The Kier molecular flexibility index (Phi) is 6.95. The van der Waals surface area contributed by atoms with Gasteiger partial charge in [0.2, 0.25) is 0 Å². The van der Waals surface area contributed by atoms with E-state index in [2.05, 4.69) is 6.58 Å². The fourth-order valence-electron chi connectivity index (χ4n) is 3.88. The predicted octanol–water partition coefficient (Wildman–Crippen LogP) is 5.18. The van der Waals surface area contributed by atoms with E-state index in [1.54, 1.807) is 48.5 Å². The molecular weight excluding hydrogens is 425 g/mol. The van der Waals surface area contributed by atoms with Crippen LogP contribution in [0.4, 0.5) is 14.9 Å². The van der Waals surface area contributed by atoms with Crippen LogP contribution in [-0.4, -0.2) is 52.0 Å². The van der Waals surface area contributed by atoms with Gasteiger partial charge in [0.05, 0.1) is 17.9 Å². The van der Waals surface area contributed by atoms with Crippen LogP contribution in [0.3, 0.4) is 0 Å². The first-order valence-electron chi connectivity index (χ1n) is 10.8. The zero-order chi connectivity index (χ0) is 24.3. The molecule has 0 spiro atoms. The Hall–Kier alpha value is -3.55. The summed E-state index contributed by atoms with van der Waals surface area (Å²) in [5.41, 5.74) is 1.28. The molecule has 1 aliphatic rings. The molecular formula is C25H30FN3O4. The Labute approximate surface area is 193 Å². The van der Waals surface area contributed by atoms with Crippen molar-refractivity contribution in [3.8, 4) is 0 Å². The third-order valence-corrected chi connectivity index (χ3v) is 5.21. The SMILES string of the molecule is C=C/C=C(\C=C/C)Cn1c(C(=O)O)cc2c(N3CCN(C(=O)OC(C)(C)C)C3)cc(F)cc21. The van der Waals surface area contributed by atoms with Crippen LogP contribution in [0.15, 0.2) is 54.7 Å². The van der Waals surface area contributed by atoms with Crippen molar-refractivity contribution in [2.24, 2.45) is 0 Å². The van der Waals surface area contributed by atoms with E-state index in [9.17, 15) is 19.1 Å². The number of fused-ring (bicyclic) bond motifs is 1. The van der Waals surface area contributed by atoms with Crippen molar-refractivity contribution in [2.75, 3.05) is 24.7 Å². The van der Waals surface area contributed by atoms with E-state index in [4.69, 9.17) is 4.74 Å². The summed E-state index contributed by atoms with van der Waals surface area (Å²) in [7, 11) is 0. The molecule has 0 bridgehead atoms. The van der Waals surface area contributed by atoms with E-state index in [0.717, 1.165) is 5.57 Å². The molecule has 1 saturated heterocycles. The van der Waals surface area contributed by atoms with Crippen molar-refractivity contribution in [3.63, 3.8) is 0 Å². The van der Waals surface area contributed by atoms with Crippen LogP contribution in [-0.2, 0) is 11.3 Å². The van der Waals surface area contributed by atoms with E-state index in [-0.39, 0.29) is 18.9 Å². The van der Waals surface area contributed by atoms with Gasteiger partial charge in [-0.3, -0.25) is 4.90 Å². The number of carboxylic acids is 1. The van der Waals surface area contributed by atoms with E-state index in [1.165, 1.54) is 12.1 Å². The minimum atomic E-state index is -1.10. The van der Waals surface area contributed by atoms with Crippen LogP contribution in [0.1, 0.15) is 38.2 Å². The van der Waals surface area contributed by atoms with E-state index < -0.39 is 23.5 Å². The maximum Gasteiger partial charge on any atom is 0.411 e. The zero-order valence-electron chi connectivity index (χ0n) is 19.5. The number of carbonyl (C=O) groups is 2. The largest absolute Gasteiger partial charge is 0.477 e. The number of allylic oxidation sites excluding steroid dienone is 5. The minimum Gasteiger partial charge on any atom is -0.477 e. The number of hydrogen-bond donors (Lipinski definition) is 1. The van der Waals surface area contributed by atoms with Gasteiger partial charge in [-0.05, 0) is 51.5 Å². The van der Waals surface area contributed by atoms with Gasteiger partial charge >= 0.3 is 12.1 Å². The molecule has 176 valence electrons. The van der Waals surface area contributed by atoms with Gasteiger partial charge < -0.3 is 19.3 Å². The normalized spacial score (nSPS) is 15.0. The Morgan fingerprint density at radius 2 is 1.97 bits per heavy atom. The van der Waals surface area contributed by atoms with Gasteiger partial charge in [-0.15, -0.1) is 0 Å². The number of rotatable bonds is 6. The van der Waals surface area contributed by atoms with Gasteiger partial charge in [-0.2, -0.15) is 0 Å². The summed E-state index contributed by atoms with van der Waals surface area (Å²) in [6, 6.07) is 4.28. The lowest BCUT2D eigenvalue weighted by molar-refractivity contribution is 0.0297. The van der Waals surface area contributed by atoms with Gasteiger partial charge in [-0.25, -0.2) is 14.0 Å². The van der Waals surface area contributed by atoms with Gasteiger partial charge in [0.15, 0.2) is 0 Å². The first-order valence-corrected chi connectivity index (χ1v) is 10.8. The van der Waals surface area contributed by atoms with Crippen LogP contribution in [0, 0.1) is 5.82 Å². The quantitative estimate of drug-likeness (QED) is 0.608. The fraction of sp³-hybridized carbons (Fsp3) is 0.360. The van der Waals surface area contributed by atoms with Crippen molar-refractivity contribution < 1.29 is 23.8 Å². The topological polar surface area (TPSA) is 75.0 Å². The summed E-state index contributed by atoms with van der Waals surface area (Å²) in [6.07, 6.45) is 6.69. The van der Waals surface area contributed by atoms with Crippen molar-refractivity contribution in [2.45, 2.75) is 39.8 Å². The average molecular weight is 456 g/mol. The van der Waals surface area contributed by atoms with Crippen LogP contribution < -0.4 is 4.90 Å². The number of benzene rings is 1. The molecule has 0 unspecified atom stereocenters. The van der Waals surface area contributed by atoms with E-state index >= 15 is 0 Å². The minimum absolute atomic E-state index is 0.0551. The first-order chi connectivity index (χ1) is 15.5. The van der Waals surface area contributed by atoms with Gasteiger partial charge in [0, 0.05) is 25.0 Å². The number of nitrogens with zero attached hydrogens (tertiary/aromatic N) is 3. The molecule has 33 heavy (non-hydrogen) atoms. The molecule has 1 aromatic carbocycles. The molecule has 8 heteroatoms. The molecule has 1 aliphatic heterocycles. The Morgan fingerprint density at radius 3 is 2.58 bits per heavy atom. The second kappa shape index (κ2) is 9.52. The highest BCUT2D eigenvalue weighted by molar-refractivity contribution is 6.00. The summed E-state index contributed by atoms with van der Waals surface area (Å²) in [4.78, 5) is 27.9.